The zero-order chi connectivity index (χ0) is 24.9. The van der Waals surface area contributed by atoms with Crippen LogP contribution in [0.4, 0.5) is 16.2 Å². The fourth-order valence-electron chi connectivity index (χ4n) is 3.07. The average molecular weight is 464 g/mol. The van der Waals surface area contributed by atoms with Gasteiger partial charge < -0.3 is 15.3 Å². The van der Waals surface area contributed by atoms with Gasteiger partial charge in [-0.1, -0.05) is 30.3 Å². The average Bonchev–Trinajstić information content (AvgIpc) is 2.83. The third-order valence-corrected chi connectivity index (χ3v) is 4.76. The van der Waals surface area contributed by atoms with Gasteiger partial charge in [0.1, 0.15) is 5.92 Å². The number of rotatable bonds is 10. The van der Waals surface area contributed by atoms with E-state index in [0.717, 1.165) is 5.56 Å². The molecule has 2 amide bonds. The van der Waals surface area contributed by atoms with Gasteiger partial charge >= 0.3 is 6.09 Å². The highest BCUT2D eigenvalue weighted by molar-refractivity contribution is 5.95. The first-order valence-corrected chi connectivity index (χ1v) is 10.3. The van der Waals surface area contributed by atoms with E-state index in [0.29, 0.717) is 23.4 Å². The summed E-state index contributed by atoms with van der Waals surface area (Å²) in [7, 11) is 1.18. The molecule has 0 aromatic heterocycles. The first-order chi connectivity index (χ1) is 16.4. The van der Waals surface area contributed by atoms with E-state index in [1.54, 1.807) is 30.3 Å². The van der Waals surface area contributed by atoms with Gasteiger partial charge in [0.25, 0.3) is 0 Å². The number of hydrazone groups is 1. The summed E-state index contributed by atoms with van der Waals surface area (Å²) in [6.07, 6.45) is 0.0667. The Kier molecular flexibility index (Phi) is 10.2. The predicted octanol–water partition coefficient (Wildman–Crippen LogP) is 2.28. The third-order valence-electron chi connectivity index (χ3n) is 4.76. The van der Waals surface area contributed by atoms with Gasteiger partial charge in [-0.2, -0.15) is 20.9 Å². The smallest absolute Gasteiger partial charge is 0.427 e. The van der Waals surface area contributed by atoms with Crippen molar-refractivity contribution in [2.24, 2.45) is 5.10 Å². The van der Waals surface area contributed by atoms with Gasteiger partial charge in [0.15, 0.2) is 5.69 Å². The number of hydrogen-bond donors (Lipinski definition) is 4. The molecule has 0 saturated carbocycles. The molecule has 0 spiro atoms. The Bertz CT molecular complexity index is 1100. The highest BCUT2D eigenvalue weighted by atomic mass is 16.8. The van der Waals surface area contributed by atoms with Crippen LogP contribution in [0.2, 0.25) is 0 Å². The van der Waals surface area contributed by atoms with Crippen LogP contribution in [0, 0.1) is 27.9 Å². The summed E-state index contributed by atoms with van der Waals surface area (Å²) in [6, 6.07) is 17.0. The molecular weight excluding hydrogens is 440 g/mol. The van der Waals surface area contributed by atoms with E-state index in [9.17, 15) is 20.1 Å². The van der Waals surface area contributed by atoms with Gasteiger partial charge in [-0.15, -0.1) is 0 Å². The molecule has 0 aliphatic carbocycles. The third kappa shape index (κ3) is 8.00. The lowest BCUT2D eigenvalue weighted by molar-refractivity contribution is -0.991. The van der Waals surface area contributed by atoms with Gasteiger partial charge in [0, 0.05) is 24.2 Å². The number of methoxy groups -OCH3 is 1. The quantitative estimate of drug-likeness (QED) is 0.308. The van der Waals surface area contributed by atoms with Crippen LogP contribution in [0.25, 0.3) is 0 Å². The van der Waals surface area contributed by atoms with E-state index in [-0.39, 0.29) is 30.9 Å². The highest BCUT2D eigenvalue weighted by Gasteiger charge is 2.19. The second-order valence-electron chi connectivity index (χ2n) is 7.13. The minimum Gasteiger partial charge on any atom is -0.595 e. The van der Waals surface area contributed by atoms with Crippen LogP contribution < -0.4 is 16.0 Å². The summed E-state index contributed by atoms with van der Waals surface area (Å²) in [5, 5.41) is 44.3. The van der Waals surface area contributed by atoms with Crippen LogP contribution in [0.5, 0.6) is 0 Å². The zero-order valence-electron chi connectivity index (χ0n) is 18.4. The molecule has 0 heterocycles. The molecular formula is C23H24N6O5. The molecule has 11 heteroatoms. The summed E-state index contributed by atoms with van der Waals surface area (Å²) >= 11 is 0. The number of ether oxygens (including phenoxy) is 1. The van der Waals surface area contributed by atoms with Crippen molar-refractivity contribution in [3.05, 3.63) is 64.9 Å². The lowest BCUT2D eigenvalue weighted by Gasteiger charge is -2.14. The Labute approximate surface area is 196 Å². The normalized spacial score (nSPS) is 12.6. The summed E-state index contributed by atoms with van der Waals surface area (Å²) in [5.74, 6) is -1.12. The number of nitrogens with one attached hydrogen (secondary N) is 3. The number of quaternary nitrogens is 1. The van der Waals surface area contributed by atoms with E-state index in [4.69, 9.17) is 10.5 Å². The van der Waals surface area contributed by atoms with Crippen molar-refractivity contribution in [1.29, 1.82) is 10.5 Å². The van der Waals surface area contributed by atoms with Crippen molar-refractivity contribution >= 4 is 29.1 Å². The Morgan fingerprint density at radius 1 is 1.21 bits per heavy atom. The van der Waals surface area contributed by atoms with Crippen molar-refractivity contribution in [2.75, 3.05) is 12.4 Å². The summed E-state index contributed by atoms with van der Waals surface area (Å²) in [6.45, 7) is 0. The Morgan fingerprint density at radius 2 is 1.94 bits per heavy atom. The van der Waals surface area contributed by atoms with Gasteiger partial charge in [-0.25, -0.2) is 15.4 Å². The van der Waals surface area contributed by atoms with E-state index >= 15 is 0 Å². The maximum Gasteiger partial charge on any atom is 0.427 e. The van der Waals surface area contributed by atoms with Crippen LogP contribution in [0.3, 0.4) is 0 Å². The molecule has 2 aromatic carbocycles. The molecule has 4 N–H and O–H groups in total. The largest absolute Gasteiger partial charge is 0.595 e. The molecule has 176 valence electrons. The fraction of sp³-hybridized carbons (Fsp3) is 0.261. The molecule has 2 rings (SSSR count). The second kappa shape index (κ2) is 13.3. The molecule has 2 unspecified atom stereocenters. The molecule has 2 atom stereocenters. The number of nitrogens with zero attached hydrogens (tertiary/aromatic N) is 3. The van der Waals surface area contributed by atoms with Crippen molar-refractivity contribution in [3.63, 3.8) is 0 Å². The molecule has 34 heavy (non-hydrogen) atoms. The maximum absolute atomic E-state index is 12.3. The van der Waals surface area contributed by atoms with Crippen LogP contribution in [-0.4, -0.2) is 30.0 Å². The van der Waals surface area contributed by atoms with Gasteiger partial charge in [-0.05, 0) is 30.0 Å². The Hall–Kier alpha value is -4.29. The summed E-state index contributed by atoms with van der Waals surface area (Å²) in [5.41, 5.74) is 4.40. The van der Waals surface area contributed by atoms with E-state index in [1.165, 1.54) is 25.3 Å². The molecule has 0 aliphatic heterocycles. The topological polar surface area (TPSA) is 175 Å². The number of carbonyl (C=O) groups excluding carboxylic acids is 2. The number of carbonyl (C=O) groups is 2. The molecule has 0 saturated heterocycles. The number of amides is 2. The first kappa shape index (κ1) is 26.0. The monoisotopic (exact) mass is 464 g/mol. The van der Waals surface area contributed by atoms with Crippen molar-refractivity contribution < 1.29 is 24.8 Å². The lowest BCUT2D eigenvalue weighted by Crippen LogP contribution is -2.99. The number of anilines is 1. The van der Waals surface area contributed by atoms with Crippen LogP contribution >= 0.6 is 0 Å². The highest BCUT2D eigenvalue weighted by Crippen LogP contribution is 2.21. The predicted molar refractivity (Wildman–Crippen MR) is 122 cm³/mol. The van der Waals surface area contributed by atoms with E-state index in [1.807, 2.05) is 0 Å². The van der Waals surface area contributed by atoms with Crippen molar-refractivity contribution in [2.45, 2.75) is 31.6 Å². The van der Waals surface area contributed by atoms with Crippen LogP contribution in [0.15, 0.2) is 53.6 Å². The van der Waals surface area contributed by atoms with E-state index < -0.39 is 17.2 Å². The molecule has 2 aromatic rings. The molecule has 0 radical (unpaired) electrons. The lowest BCUT2D eigenvalue weighted by atomic mass is 9.91. The summed E-state index contributed by atoms with van der Waals surface area (Å²) < 4.78 is 4.52. The minimum absolute atomic E-state index is 0.0544. The Morgan fingerprint density at radius 3 is 2.56 bits per heavy atom. The van der Waals surface area contributed by atoms with E-state index in [2.05, 4.69) is 32.7 Å². The SMILES string of the molecule is COC(=O)N/N=C(\CCCC(=O)Nc1cccc([NH+]([O-])O)c1)C(C#N)c1ccc(CC#N)cc1. The van der Waals surface area contributed by atoms with Crippen LogP contribution in [-0.2, 0) is 16.0 Å². The van der Waals surface area contributed by atoms with Crippen LogP contribution in [0.1, 0.15) is 36.3 Å². The van der Waals surface area contributed by atoms with Crippen molar-refractivity contribution in [3.8, 4) is 12.1 Å². The molecule has 0 bridgehead atoms. The number of nitriles is 2. The summed E-state index contributed by atoms with van der Waals surface area (Å²) in [4.78, 5) is 23.8. The van der Waals surface area contributed by atoms with Gasteiger partial charge in [0.05, 0.1) is 31.4 Å². The number of hydrogen-bond acceptors (Lipinski definition) is 8. The Balaban J connectivity index is 2.08. The fourth-order valence-corrected chi connectivity index (χ4v) is 3.07. The molecule has 0 aliphatic rings. The van der Waals surface area contributed by atoms with Crippen molar-refractivity contribution in [1.82, 2.24) is 5.43 Å². The first-order valence-electron chi connectivity index (χ1n) is 10.3. The van der Waals surface area contributed by atoms with Gasteiger partial charge in [-0.3, -0.25) is 4.79 Å². The standard InChI is InChI=1S/C23H24N6O5/c1-34-23(31)28-27-21(20(15-25)17-10-8-16(9-11-17)12-13-24)6-3-7-22(30)26-18-4-2-5-19(14-18)29(32)33/h2,4-5,8-11,14,20,29,32H,3,6-7,12H2,1H3,(H,26,30)(H,28,31)/b27-21+. The molecule has 0 fully saturated rings. The maximum atomic E-state index is 12.3. The minimum atomic E-state index is -1.10. The number of benzene rings is 2. The zero-order valence-corrected chi connectivity index (χ0v) is 18.4. The second-order valence-corrected chi connectivity index (χ2v) is 7.13. The van der Waals surface area contributed by atoms with Gasteiger partial charge in [0.2, 0.25) is 5.91 Å². The molecule has 11 nitrogen and oxygen atoms in total.